The summed E-state index contributed by atoms with van der Waals surface area (Å²) in [5.41, 5.74) is 1.48. The fourth-order valence-corrected chi connectivity index (χ4v) is 2.54. The second-order valence-corrected chi connectivity index (χ2v) is 5.79. The summed E-state index contributed by atoms with van der Waals surface area (Å²) in [4.78, 5) is 20.4. The molecule has 27 heavy (non-hydrogen) atoms. The number of anilines is 2. The molecule has 1 aromatic heterocycles. The van der Waals surface area contributed by atoms with Gasteiger partial charge in [0.2, 0.25) is 6.79 Å². The molecule has 7 nitrogen and oxygen atoms in total. The van der Waals surface area contributed by atoms with Crippen LogP contribution < -0.4 is 20.1 Å². The predicted octanol–water partition coefficient (Wildman–Crippen LogP) is 3.21. The van der Waals surface area contributed by atoms with Gasteiger partial charge in [0.15, 0.2) is 11.5 Å². The SMILES string of the molecule is O=C(Nc1cccc(F)c1)c1cnc(NCc2ccc3c(c2)OCO3)cn1. The van der Waals surface area contributed by atoms with Crippen LogP contribution in [0.2, 0.25) is 0 Å². The van der Waals surface area contributed by atoms with Gasteiger partial charge in [0, 0.05) is 12.2 Å². The number of ether oxygens (including phenoxy) is 2. The maximum atomic E-state index is 13.2. The first-order valence-electron chi connectivity index (χ1n) is 8.19. The van der Waals surface area contributed by atoms with E-state index in [1.165, 1.54) is 30.6 Å². The number of halogens is 1. The maximum absolute atomic E-state index is 13.2. The number of amides is 1. The standard InChI is InChI=1S/C19H15FN4O3/c20-13-2-1-3-14(7-13)24-19(25)15-9-23-18(10-21-15)22-8-12-4-5-16-17(6-12)27-11-26-16/h1-7,9-10H,8,11H2,(H,22,23)(H,24,25). The number of rotatable bonds is 5. The zero-order valence-corrected chi connectivity index (χ0v) is 14.1. The number of nitrogens with one attached hydrogen (secondary N) is 2. The monoisotopic (exact) mass is 366 g/mol. The lowest BCUT2D eigenvalue weighted by atomic mass is 10.2. The van der Waals surface area contributed by atoms with Gasteiger partial charge in [0.05, 0.1) is 12.4 Å². The van der Waals surface area contributed by atoms with Gasteiger partial charge >= 0.3 is 0 Å². The number of carbonyl (C=O) groups is 1. The zero-order chi connectivity index (χ0) is 18.6. The number of nitrogens with zero attached hydrogens (tertiary/aromatic N) is 2. The van der Waals surface area contributed by atoms with Crippen LogP contribution in [0.3, 0.4) is 0 Å². The molecule has 2 aromatic carbocycles. The van der Waals surface area contributed by atoms with E-state index in [0.29, 0.717) is 23.8 Å². The Kier molecular flexibility index (Phi) is 4.52. The van der Waals surface area contributed by atoms with E-state index >= 15 is 0 Å². The van der Waals surface area contributed by atoms with Gasteiger partial charge < -0.3 is 20.1 Å². The van der Waals surface area contributed by atoms with Crippen molar-refractivity contribution >= 4 is 17.4 Å². The highest BCUT2D eigenvalue weighted by atomic mass is 19.1. The van der Waals surface area contributed by atoms with Gasteiger partial charge in [-0.2, -0.15) is 0 Å². The van der Waals surface area contributed by atoms with Crippen LogP contribution in [0.15, 0.2) is 54.9 Å². The largest absolute Gasteiger partial charge is 0.454 e. The van der Waals surface area contributed by atoms with Crippen LogP contribution >= 0.6 is 0 Å². The van der Waals surface area contributed by atoms with E-state index in [2.05, 4.69) is 20.6 Å². The quantitative estimate of drug-likeness (QED) is 0.721. The van der Waals surface area contributed by atoms with E-state index in [1.54, 1.807) is 6.07 Å². The third-order valence-electron chi connectivity index (χ3n) is 3.88. The molecule has 1 amide bonds. The predicted molar refractivity (Wildman–Crippen MR) is 96.3 cm³/mol. The Morgan fingerprint density at radius 2 is 1.96 bits per heavy atom. The number of aromatic nitrogens is 2. The number of hydrogen-bond acceptors (Lipinski definition) is 6. The summed E-state index contributed by atoms with van der Waals surface area (Å²) >= 11 is 0. The van der Waals surface area contributed by atoms with Crippen LogP contribution in [-0.2, 0) is 6.54 Å². The van der Waals surface area contributed by atoms with E-state index in [0.717, 1.165) is 11.3 Å². The topological polar surface area (TPSA) is 85.4 Å². The number of hydrogen-bond donors (Lipinski definition) is 2. The highest BCUT2D eigenvalue weighted by Crippen LogP contribution is 2.32. The first-order chi connectivity index (χ1) is 13.2. The van der Waals surface area contributed by atoms with Crippen LogP contribution in [0, 0.1) is 5.82 Å². The average molecular weight is 366 g/mol. The van der Waals surface area contributed by atoms with E-state index in [1.807, 2.05) is 18.2 Å². The Labute approximate surface area is 154 Å². The third kappa shape index (κ3) is 3.95. The van der Waals surface area contributed by atoms with Crippen LogP contribution in [0.25, 0.3) is 0 Å². The van der Waals surface area contributed by atoms with Gasteiger partial charge in [-0.3, -0.25) is 4.79 Å². The van der Waals surface area contributed by atoms with Crippen LogP contribution in [-0.4, -0.2) is 22.7 Å². The number of carbonyl (C=O) groups excluding carboxylic acids is 1. The van der Waals surface area contributed by atoms with Crippen molar-refractivity contribution in [2.75, 3.05) is 17.4 Å². The van der Waals surface area contributed by atoms with Crippen molar-refractivity contribution in [3.8, 4) is 11.5 Å². The average Bonchev–Trinajstić information content (AvgIpc) is 3.14. The van der Waals surface area contributed by atoms with E-state index in [-0.39, 0.29) is 12.5 Å². The van der Waals surface area contributed by atoms with E-state index in [4.69, 9.17) is 9.47 Å². The molecule has 0 bridgehead atoms. The molecule has 3 aromatic rings. The van der Waals surface area contributed by atoms with Crippen molar-refractivity contribution in [1.29, 1.82) is 0 Å². The van der Waals surface area contributed by atoms with Crippen LogP contribution in [0.5, 0.6) is 11.5 Å². The van der Waals surface area contributed by atoms with Crippen molar-refractivity contribution in [2.24, 2.45) is 0 Å². The summed E-state index contributed by atoms with van der Waals surface area (Å²) in [6.45, 7) is 0.747. The lowest BCUT2D eigenvalue weighted by molar-refractivity contribution is 0.102. The fraction of sp³-hybridized carbons (Fsp3) is 0.105. The fourth-order valence-electron chi connectivity index (χ4n) is 2.54. The maximum Gasteiger partial charge on any atom is 0.275 e. The highest BCUT2D eigenvalue weighted by molar-refractivity contribution is 6.02. The van der Waals surface area contributed by atoms with Gasteiger partial charge in [0.25, 0.3) is 5.91 Å². The van der Waals surface area contributed by atoms with Crippen molar-refractivity contribution in [3.63, 3.8) is 0 Å². The molecule has 2 heterocycles. The molecule has 0 fully saturated rings. The Balaban J connectivity index is 1.36. The molecule has 8 heteroatoms. The minimum Gasteiger partial charge on any atom is -0.454 e. The second kappa shape index (κ2) is 7.28. The van der Waals surface area contributed by atoms with E-state index < -0.39 is 11.7 Å². The van der Waals surface area contributed by atoms with Crippen LogP contribution in [0.4, 0.5) is 15.9 Å². The summed E-state index contributed by atoms with van der Waals surface area (Å²) in [6.07, 6.45) is 2.82. The summed E-state index contributed by atoms with van der Waals surface area (Å²) in [6, 6.07) is 11.3. The van der Waals surface area contributed by atoms with Gasteiger partial charge in [-0.1, -0.05) is 12.1 Å². The third-order valence-corrected chi connectivity index (χ3v) is 3.88. The molecule has 0 atom stereocenters. The molecular weight excluding hydrogens is 351 g/mol. The van der Waals surface area contributed by atoms with Crippen molar-refractivity contribution in [2.45, 2.75) is 6.54 Å². The molecule has 136 valence electrons. The molecule has 4 rings (SSSR count). The lowest BCUT2D eigenvalue weighted by Crippen LogP contribution is -2.14. The summed E-state index contributed by atoms with van der Waals surface area (Å²) in [7, 11) is 0. The zero-order valence-electron chi connectivity index (χ0n) is 14.1. The molecule has 2 N–H and O–H groups in total. The minimum absolute atomic E-state index is 0.132. The molecule has 0 unspecified atom stereocenters. The molecule has 0 saturated heterocycles. The minimum atomic E-state index is -0.463. The molecular formula is C19H15FN4O3. The van der Waals surface area contributed by atoms with Gasteiger partial charge in [-0.25, -0.2) is 14.4 Å². The smallest absolute Gasteiger partial charge is 0.275 e. The first-order valence-corrected chi connectivity index (χ1v) is 8.19. The highest BCUT2D eigenvalue weighted by Gasteiger charge is 2.13. The molecule has 0 aliphatic carbocycles. The summed E-state index contributed by atoms with van der Waals surface area (Å²) < 4.78 is 23.8. The number of benzene rings is 2. The number of fused-ring (bicyclic) bond motifs is 1. The molecule has 0 saturated carbocycles. The Hall–Kier alpha value is -3.68. The first kappa shape index (κ1) is 16.8. The molecule has 0 spiro atoms. The molecule has 0 radical (unpaired) electrons. The summed E-state index contributed by atoms with van der Waals surface area (Å²) in [5.74, 6) is 1.07. The summed E-state index contributed by atoms with van der Waals surface area (Å²) in [5, 5.41) is 5.70. The van der Waals surface area contributed by atoms with E-state index in [9.17, 15) is 9.18 Å². The van der Waals surface area contributed by atoms with Gasteiger partial charge in [-0.15, -0.1) is 0 Å². The molecule has 1 aliphatic heterocycles. The normalized spacial score (nSPS) is 11.9. The lowest BCUT2D eigenvalue weighted by Gasteiger charge is -2.08. The van der Waals surface area contributed by atoms with Crippen molar-refractivity contribution in [3.05, 3.63) is 71.9 Å². The van der Waals surface area contributed by atoms with Gasteiger partial charge in [0.1, 0.15) is 17.3 Å². The van der Waals surface area contributed by atoms with Crippen molar-refractivity contribution < 1.29 is 18.7 Å². The second-order valence-electron chi connectivity index (χ2n) is 5.79. The molecule has 1 aliphatic rings. The Morgan fingerprint density at radius 3 is 2.78 bits per heavy atom. The van der Waals surface area contributed by atoms with Crippen LogP contribution in [0.1, 0.15) is 16.1 Å². The Bertz CT molecular complexity index is 979. The van der Waals surface area contributed by atoms with Gasteiger partial charge in [-0.05, 0) is 35.9 Å². The van der Waals surface area contributed by atoms with Crippen molar-refractivity contribution in [1.82, 2.24) is 9.97 Å². The Morgan fingerprint density at radius 1 is 1.07 bits per heavy atom.